The first-order valence-electron chi connectivity index (χ1n) is 4.34. The van der Waals surface area contributed by atoms with E-state index in [1.54, 1.807) is 18.2 Å². The molecule has 0 heterocycles. The van der Waals surface area contributed by atoms with E-state index in [2.05, 4.69) is 0 Å². The fraction of sp³-hybridized carbons (Fsp3) is 0.300. The summed E-state index contributed by atoms with van der Waals surface area (Å²) >= 11 is 5.74. The van der Waals surface area contributed by atoms with Crippen LogP contribution in [0.2, 0.25) is 5.02 Å². The molecular formula is C10H12ClNO2. The lowest BCUT2D eigenvalue weighted by atomic mass is 9.96. The van der Waals surface area contributed by atoms with Crippen LogP contribution in [0.15, 0.2) is 18.2 Å². The highest BCUT2D eigenvalue weighted by molar-refractivity contribution is 6.33. The van der Waals surface area contributed by atoms with Crippen LogP contribution in [0.25, 0.3) is 0 Å². The van der Waals surface area contributed by atoms with Crippen molar-refractivity contribution < 1.29 is 9.90 Å². The van der Waals surface area contributed by atoms with Gasteiger partial charge in [0, 0.05) is 0 Å². The van der Waals surface area contributed by atoms with Crippen molar-refractivity contribution in [3.63, 3.8) is 0 Å². The second-order valence-electron chi connectivity index (χ2n) is 3.08. The normalized spacial score (nSPS) is 12.4. The number of halogens is 1. The Kier molecular flexibility index (Phi) is 3.36. The Morgan fingerprint density at radius 3 is 2.71 bits per heavy atom. The van der Waals surface area contributed by atoms with Gasteiger partial charge in [0.1, 0.15) is 0 Å². The average Bonchev–Trinajstić information content (AvgIpc) is 2.11. The number of nitrogen functional groups attached to an aromatic ring is 1. The van der Waals surface area contributed by atoms with Crippen LogP contribution in [-0.2, 0) is 4.79 Å². The highest BCUT2D eigenvalue weighted by atomic mass is 35.5. The van der Waals surface area contributed by atoms with Gasteiger partial charge in [-0.1, -0.05) is 24.6 Å². The number of carbonyl (C=O) groups is 1. The Morgan fingerprint density at radius 2 is 2.29 bits per heavy atom. The molecule has 1 unspecified atom stereocenters. The third kappa shape index (κ3) is 2.17. The molecule has 0 aromatic heterocycles. The summed E-state index contributed by atoms with van der Waals surface area (Å²) in [6.07, 6.45) is 0.538. The Labute approximate surface area is 87.5 Å². The predicted molar refractivity (Wildman–Crippen MR) is 56.5 cm³/mol. The van der Waals surface area contributed by atoms with Gasteiger partial charge in [0.25, 0.3) is 0 Å². The number of aliphatic carboxylic acids is 1. The Bertz CT molecular complexity index is 352. The maximum absolute atomic E-state index is 10.9. The van der Waals surface area contributed by atoms with Gasteiger partial charge in [0.05, 0.1) is 16.6 Å². The molecule has 76 valence electrons. The first-order valence-corrected chi connectivity index (χ1v) is 4.71. The molecule has 0 saturated heterocycles. The van der Waals surface area contributed by atoms with Gasteiger partial charge in [-0.05, 0) is 24.1 Å². The summed E-state index contributed by atoms with van der Waals surface area (Å²) in [5, 5.41) is 9.37. The maximum Gasteiger partial charge on any atom is 0.310 e. The second kappa shape index (κ2) is 4.33. The van der Waals surface area contributed by atoms with Crippen molar-refractivity contribution in [1.29, 1.82) is 0 Å². The van der Waals surface area contributed by atoms with E-state index >= 15 is 0 Å². The molecule has 14 heavy (non-hydrogen) atoms. The number of nitrogens with two attached hydrogens (primary N) is 1. The molecule has 0 saturated carbocycles. The standard InChI is InChI=1S/C10H12ClNO2/c1-2-7(10(13)14)6-3-4-8(11)9(12)5-6/h3-5,7H,2,12H2,1H3,(H,13,14). The Balaban J connectivity index is 3.06. The molecule has 1 atom stereocenters. The zero-order chi connectivity index (χ0) is 10.7. The molecule has 3 nitrogen and oxygen atoms in total. The van der Waals surface area contributed by atoms with Crippen molar-refractivity contribution >= 4 is 23.3 Å². The lowest BCUT2D eigenvalue weighted by Gasteiger charge is -2.10. The lowest BCUT2D eigenvalue weighted by molar-refractivity contribution is -0.138. The maximum atomic E-state index is 10.9. The van der Waals surface area contributed by atoms with Crippen LogP contribution in [0.1, 0.15) is 24.8 Å². The van der Waals surface area contributed by atoms with Crippen molar-refractivity contribution in [2.24, 2.45) is 0 Å². The van der Waals surface area contributed by atoms with Crippen molar-refractivity contribution in [2.75, 3.05) is 5.73 Å². The Hall–Kier alpha value is -1.22. The first kappa shape index (κ1) is 10.9. The van der Waals surface area contributed by atoms with Crippen molar-refractivity contribution in [3.8, 4) is 0 Å². The molecule has 4 heteroatoms. The minimum absolute atomic E-state index is 0.420. The number of hydrogen-bond donors (Lipinski definition) is 2. The van der Waals surface area contributed by atoms with Crippen molar-refractivity contribution in [2.45, 2.75) is 19.3 Å². The van der Waals surface area contributed by atoms with Crippen molar-refractivity contribution in [1.82, 2.24) is 0 Å². The third-order valence-corrected chi connectivity index (χ3v) is 2.47. The van der Waals surface area contributed by atoms with Gasteiger partial charge in [-0.2, -0.15) is 0 Å². The highest BCUT2D eigenvalue weighted by Gasteiger charge is 2.17. The number of hydrogen-bond acceptors (Lipinski definition) is 2. The zero-order valence-corrected chi connectivity index (χ0v) is 8.58. The molecule has 0 spiro atoms. The van der Waals surface area contributed by atoms with Crippen molar-refractivity contribution in [3.05, 3.63) is 28.8 Å². The third-order valence-electron chi connectivity index (χ3n) is 2.13. The number of carboxylic acid groups (broad SMARTS) is 1. The van der Waals surface area contributed by atoms with E-state index in [0.29, 0.717) is 22.7 Å². The summed E-state index contributed by atoms with van der Waals surface area (Å²) in [5.74, 6) is -1.34. The van der Waals surface area contributed by atoms with Gasteiger partial charge in [-0.15, -0.1) is 0 Å². The summed E-state index contributed by atoms with van der Waals surface area (Å²) in [6.45, 7) is 1.82. The second-order valence-corrected chi connectivity index (χ2v) is 3.49. The van der Waals surface area contributed by atoms with Gasteiger partial charge in [0.15, 0.2) is 0 Å². The minimum atomic E-state index is -0.839. The molecular weight excluding hydrogens is 202 g/mol. The molecule has 0 aliphatic carbocycles. The van der Waals surface area contributed by atoms with Gasteiger partial charge >= 0.3 is 5.97 Å². The topological polar surface area (TPSA) is 63.3 Å². The van der Waals surface area contributed by atoms with E-state index in [1.165, 1.54) is 0 Å². The van der Waals surface area contributed by atoms with E-state index in [1.807, 2.05) is 6.92 Å². The molecule has 1 aromatic carbocycles. The summed E-state index contributed by atoms with van der Waals surface area (Å²) in [4.78, 5) is 10.9. The van der Waals surface area contributed by atoms with Gasteiger partial charge in [-0.25, -0.2) is 0 Å². The molecule has 1 rings (SSSR count). The molecule has 0 bridgehead atoms. The number of rotatable bonds is 3. The van der Waals surface area contributed by atoms with Crippen LogP contribution in [0.4, 0.5) is 5.69 Å². The SMILES string of the molecule is CCC(C(=O)O)c1ccc(Cl)c(N)c1. The molecule has 0 radical (unpaired) electrons. The number of carboxylic acids is 1. The van der Waals surface area contributed by atoms with E-state index in [-0.39, 0.29) is 0 Å². The smallest absolute Gasteiger partial charge is 0.310 e. The minimum Gasteiger partial charge on any atom is -0.481 e. The molecule has 3 N–H and O–H groups in total. The lowest BCUT2D eigenvalue weighted by Crippen LogP contribution is -2.10. The van der Waals surface area contributed by atoms with Crippen LogP contribution in [-0.4, -0.2) is 11.1 Å². The van der Waals surface area contributed by atoms with Gasteiger partial charge in [0.2, 0.25) is 0 Å². The van der Waals surface area contributed by atoms with E-state index in [0.717, 1.165) is 0 Å². The summed E-state index contributed by atoms with van der Waals surface area (Å²) in [5.41, 5.74) is 6.70. The van der Waals surface area contributed by atoms with Crippen LogP contribution in [0.3, 0.4) is 0 Å². The van der Waals surface area contributed by atoms with E-state index in [4.69, 9.17) is 22.4 Å². The summed E-state index contributed by atoms with van der Waals surface area (Å²) in [6, 6.07) is 4.93. The van der Waals surface area contributed by atoms with Crippen LogP contribution >= 0.6 is 11.6 Å². The van der Waals surface area contributed by atoms with Crippen LogP contribution in [0, 0.1) is 0 Å². The highest BCUT2D eigenvalue weighted by Crippen LogP contribution is 2.26. The molecule has 0 aliphatic heterocycles. The van der Waals surface area contributed by atoms with Crippen LogP contribution < -0.4 is 5.73 Å². The molecule has 1 aromatic rings. The first-order chi connectivity index (χ1) is 6.56. The van der Waals surface area contributed by atoms with E-state index in [9.17, 15) is 4.79 Å². The number of benzene rings is 1. The molecule has 0 fully saturated rings. The van der Waals surface area contributed by atoms with Gasteiger partial charge in [-0.3, -0.25) is 4.79 Å². The summed E-state index contributed by atoms with van der Waals surface area (Å²) < 4.78 is 0. The largest absolute Gasteiger partial charge is 0.481 e. The van der Waals surface area contributed by atoms with Crippen LogP contribution in [0.5, 0.6) is 0 Å². The Morgan fingerprint density at radius 1 is 1.64 bits per heavy atom. The zero-order valence-electron chi connectivity index (χ0n) is 7.83. The summed E-state index contributed by atoms with van der Waals surface area (Å²) in [7, 11) is 0. The quantitative estimate of drug-likeness (QED) is 0.759. The number of anilines is 1. The molecule has 0 aliphatic rings. The monoisotopic (exact) mass is 213 g/mol. The van der Waals surface area contributed by atoms with Gasteiger partial charge < -0.3 is 10.8 Å². The van der Waals surface area contributed by atoms with E-state index < -0.39 is 11.9 Å². The molecule has 0 amide bonds. The fourth-order valence-electron chi connectivity index (χ4n) is 1.33. The predicted octanol–water partition coefficient (Wildman–Crippen LogP) is 2.50. The average molecular weight is 214 g/mol. The fourth-order valence-corrected chi connectivity index (χ4v) is 1.45.